The smallest absolute Gasteiger partial charge is 0.282 e. The molecule has 0 spiro atoms. The Kier molecular flexibility index (Phi) is 8.24. The molecule has 5 aromatic rings. The third-order valence-corrected chi connectivity index (χ3v) is 6.77. The molecule has 5 rings (SSSR count). The Bertz CT molecular complexity index is 1780. The number of fused-ring (bicyclic) bond motifs is 1. The van der Waals surface area contributed by atoms with E-state index in [4.69, 9.17) is 14.5 Å². The van der Waals surface area contributed by atoms with Crippen LogP contribution in [0.25, 0.3) is 22.3 Å². The van der Waals surface area contributed by atoms with Gasteiger partial charge in [0.15, 0.2) is 5.82 Å². The summed E-state index contributed by atoms with van der Waals surface area (Å²) in [5.74, 6) is 1.85. The molecule has 0 aliphatic heterocycles. The second kappa shape index (κ2) is 12.2. The standard InChI is InChI=1S/C34H32FN3O3/c1-5-40-32-17-23(4)30(19-29(32)22(2)3)33-37-31-12-7-6-11-28(31)34(39)38(33)36-20-24-13-15-27(16-14-24)41-21-25-9-8-10-26(35)18-25/h6-20,22H,5,21H2,1-4H3. The lowest BCUT2D eigenvalue weighted by atomic mass is 9.96. The lowest BCUT2D eigenvalue weighted by Crippen LogP contribution is -2.20. The molecule has 0 bridgehead atoms. The number of aryl methyl sites for hydroxylation is 1. The van der Waals surface area contributed by atoms with Crippen LogP contribution < -0.4 is 15.0 Å². The van der Waals surface area contributed by atoms with E-state index in [2.05, 4.69) is 25.0 Å². The van der Waals surface area contributed by atoms with Crippen LogP contribution in [0.1, 0.15) is 48.9 Å². The van der Waals surface area contributed by atoms with Gasteiger partial charge in [-0.15, -0.1) is 0 Å². The number of aromatic nitrogens is 2. The van der Waals surface area contributed by atoms with Gasteiger partial charge >= 0.3 is 0 Å². The van der Waals surface area contributed by atoms with Crippen LogP contribution in [0.2, 0.25) is 0 Å². The lowest BCUT2D eigenvalue weighted by molar-refractivity contribution is 0.305. The predicted octanol–water partition coefficient (Wildman–Crippen LogP) is 7.49. The van der Waals surface area contributed by atoms with Crippen LogP contribution in [0, 0.1) is 12.7 Å². The van der Waals surface area contributed by atoms with E-state index in [1.165, 1.54) is 16.8 Å². The molecular weight excluding hydrogens is 517 g/mol. The predicted molar refractivity (Wildman–Crippen MR) is 162 cm³/mol. The molecule has 0 N–H and O–H groups in total. The molecule has 4 aromatic carbocycles. The van der Waals surface area contributed by atoms with Crippen molar-refractivity contribution < 1.29 is 13.9 Å². The third kappa shape index (κ3) is 6.19. The van der Waals surface area contributed by atoms with Gasteiger partial charge in [-0.1, -0.05) is 38.1 Å². The summed E-state index contributed by atoms with van der Waals surface area (Å²) in [6.45, 7) is 9.00. The van der Waals surface area contributed by atoms with Crippen LogP contribution in [-0.2, 0) is 6.61 Å². The van der Waals surface area contributed by atoms with Gasteiger partial charge < -0.3 is 9.47 Å². The molecule has 0 atom stereocenters. The van der Waals surface area contributed by atoms with Gasteiger partial charge in [-0.2, -0.15) is 9.78 Å². The number of benzene rings is 4. The van der Waals surface area contributed by atoms with E-state index in [9.17, 15) is 9.18 Å². The number of hydrogen-bond acceptors (Lipinski definition) is 5. The normalized spacial score (nSPS) is 11.5. The van der Waals surface area contributed by atoms with E-state index in [1.807, 2.05) is 68.4 Å². The van der Waals surface area contributed by atoms with Crippen LogP contribution in [-0.4, -0.2) is 22.5 Å². The first kappa shape index (κ1) is 27.8. The minimum Gasteiger partial charge on any atom is -0.494 e. The Morgan fingerprint density at radius 3 is 2.49 bits per heavy atom. The van der Waals surface area contributed by atoms with Crippen LogP contribution in [0.5, 0.6) is 11.5 Å². The molecule has 1 heterocycles. The Balaban J connectivity index is 1.51. The number of para-hydroxylation sites is 1. The average Bonchev–Trinajstić information content (AvgIpc) is 2.96. The van der Waals surface area contributed by atoms with Crippen molar-refractivity contribution in [1.29, 1.82) is 0 Å². The van der Waals surface area contributed by atoms with Gasteiger partial charge in [-0.25, -0.2) is 9.37 Å². The molecule has 0 amide bonds. The monoisotopic (exact) mass is 549 g/mol. The Morgan fingerprint density at radius 2 is 1.76 bits per heavy atom. The first-order valence-electron chi connectivity index (χ1n) is 13.6. The quantitative estimate of drug-likeness (QED) is 0.179. The minimum absolute atomic E-state index is 0.210. The molecule has 1 aromatic heterocycles. The van der Waals surface area contributed by atoms with Gasteiger partial charge in [0.1, 0.15) is 23.9 Å². The Hall–Kier alpha value is -4.78. The maximum atomic E-state index is 13.7. The zero-order valence-electron chi connectivity index (χ0n) is 23.6. The number of nitrogens with zero attached hydrogens (tertiary/aromatic N) is 3. The minimum atomic E-state index is -0.295. The van der Waals surface area contributed by atoms with E-state index in [1.54, 1.807) is 18.3 Å². The summed E-state index contributed by atoms with van der Waals surface area (Å²) in [4.78, 5) is 18.6. The van der Waals surface area contributed by atoms with Gasteiger partial charge in [0, 0.05) is 5.56 Å². The number of rotatable bonds is 9. The fourth-order valence-electron chi connectivity index (χ4n) is 4.64. The first-order chi connectivity index (χ1) is 19.8. The molecule has 0 saturated heterocycles. The highest BCUT2D eigenvalue weighted by molar-refractivity contribution is 5.82. The first-order valence-corrected chi connectivity index (χ1v) is 13.6. The Morgan fingerprint density at radius 1 is 0.976 bits per heavy atom. The molecule has 0 aliphatic rings. The maximum Gasteiger partial charge on any atom is 0.282 e. The van der Waals surface area contributed by atoms with Crippen LogP contribution in [0.15, 0.2) is 94.8 Å². The SMILES string of the molecule is CCOc1cc(C)c(-c2nc3ccccc3c(=O)n2N=Cc2ccc(OCc3cccc(F)c3)cc2)cc1C(C)C. The van der Waals surface area contributed by atoms with E-state index in [-0.39, 0.29) is 23.9 Å². The molecule has 0 aliphatic carbocycles. The molecule has 41 heavy (non-hydrogen) atoms. The lowest BCUT2D eigenvalue weighted by Gasteiger charge is -2.18. The van der Waals surface area contributed by atoms with Crippen molar-refractivity contribution in [3.63, 3.8) is 0 Å². The second-order valence-corrected chi connectivity index (χ2v) is 10.1. The number of ether oxygens (including phenoxy) is 2. The van der Waals surface area contributed by atoms with Crippen molar-refractivity contribution in [2.24, 2.45) is 5.10 Å². The topological polar surface area (TPSA) is 65.7 Å². The molecule has 0 radical (unpaired) electrons. The van der Waals surface area contributed by atoms with Crippen LogP contribution in [0.4, 0.5) is 4.39 Å². The van der Waals surface area contributed by atoms with Gasteiger partial charge in [0.05, 0.1) is 23.7 Å². The van der Waals surface area contributed by atoms with Gasteiger partial charge in [-0.3, -0.25) is 4.79 Å². The van der Waals surface area contributed by atoms with E-state index in [0.29, 0.717) is 29.1 Å². The summed E-state index contributed by atoms with van der Waals surface area (Å²) in [6.07, 6.45) is 1.63. The Labute approximate surface area is 238 Å². The summed E-state index contributed by atoms with van der Waals surface area (Å²) in [6, 6.07) is 25.0. The fraction of sp³-hybridized carbons (Fsp3) is 0.206. The van der Waals surface area contributed by atoms with Crippen LogP contribution in [0.3, 0.4) is 0 Å². The summed E-state index contributed by atoms with van der Waals surface area (Å²) < 4.78 is 26.5. The molecule has 7 heteroatoms. The zero-order valence-corrected chi connectivity index (χ0v) is 23.6. The molecule has 0 saturated carbocycles. The van der Waals surface area contributed by atoms with Crippen molar-refractivity contribution in [3.05, 3.63) is 123 Å². The molecule has 208 valence electrons. The highest BCUT2D eigenvalue weighted by Crippen LogP contribution is 2.34. The second-order valence-electron chi connectivity index (χ2n) is 10.1. The third-order valence-electron chi connectivity index (χ3n) is 6.77. The molecule has 0 unspecified atom stereocenters. The molecular formula is C34H32FN3O3. The van der Waals surface area contributed by atoms with Crippen molar-refractivity contribution in [2.75, 3.05) is 6.61 Å². The zero-order chi connectivity index (χ0) is 28.9. The fourth-order valence-corrected chi connectivity index (χ4v) is 4.64. The number of halogens is 1. The van der Waals surface area contributed by atoms with Gasteiger partial charge in [0.2, 0.25) is 0 Å². The largest absolute Gasteiger partial charge is 0.494 e. The maximum absolute atomic E-state index is 13.7. The summed E-state index contributed by atoms with van der Waals surface area (Å²) >= 11 is 0. The highest BCUT2D eigenvalue weighted by Gasteiger charge is 2.18. The van der Waals surface area contributed by atoms with Crippen molar-refractivity contribution in [2.45, 2.75) is 40.2 Å². The van der Waals surface area contributed by atoms with E-state index < -0.39 is 0 Å². The van der Waals surface area contributed by atoms with Crippen LogP contribution >= 0.6 is 0 Å². The van der Waals surface area contributed by atoms with E-state index >= 15 is 0 Å². The number of hydrogen-bond donors (Lipinski definition) is 0. The molecule has 6 nitrogen and oxygen atoms in total. The summed E-state index contributed by atoms with van der Waals surface area (Å²) in [5, 5.41) is 5.10. The highest BCUT2D eigenvalue weighted by atomic mass is 19.1. The van der Waals surface area contributed by atoms with Crippen molar-refractivity contribution >= 4 is 17.1 Å². The van der Waals surface area contributed by atoms with Crippen molar-refractivity contribution in [3.8, 4) is 22.9 Å². The molecule has 0 fully saturated rings. The van der Waals surface area contributed by atoms with E-state index in [0.717, 1.165) is 33.6 Å². The van der Waals surface area contributed by atoms with Crippen molar-refractivity contribution in [1.82, 2.24) is 9.66 Å². The van der Waals surface area contributed by atoms with Gasteiger partial charge in [-0.05, 0) is 103 Å². The van der Waals surface area contributed by atoms with Gasteiger partial charge in [0.25, 0.3) is 5.56 Å². The summed E-state index contributed by atoms with van der Waals surface area (Å²) in [5.41, 5.74) is 4.67. The average molecular weight is 550 g/mol. The summed E-state index contributed by atoms with van der Waals surface area (Å²) in [7, 11) is 0.